The first-order valence-corrected chi connectivity index (χ1v) is 5.38. The molecule has 1 N–H and O–H groups in total. The summed E-state index contributed by atoms with van der Waals surface area (Å²) < 4.78 is 1.41. The summed E-state index contributed by atoms with van der Waals surface area (Å²) in [6.07, 6.45) is 0. The monoisotopic (exact) mass is 268 g/mol. The summed E-state index contributed by atoms with van der Waals surface area (Å²) in [4.78, 5) is 10.2. The van der Waals surface area contributed by atoms with Crippen LogP contribution in [0.2, 0.25) is 5.02 Å². The maximum absolute atomic E-state index is 10.8. The van der Waals surface area contributed by atoms with Gasteiger partial charge in [-0.25, -0.2) is 4.68 Å². The third kappa shape index (κ3) is 2.05. The Morgan fingerprint density at radius 2 is 2.28 bits per heavy atom. The second-order valence-electron chi connectivity index (χ2n) is 3.58. The lowest BCUT2D eigenvalue weighted by Crippen LogP contribution is -2.01. The summed E-state index contributed by atoms with van der Waals surface area (Å²) in [5, 5.41) is 27.5. The zero-order chi connectivity index (χ0) is 13.3. The normalized spacial score (nSPS) is 10.6. The fourth-order valence-electron chi connectivity index (χ4n) is 1.52. The topological polar surface area (TPSA) is 94.1 Å². The van der Waals surface area contributed by atoms with Crippen molar-refractivity contribution >= 4 is 17.3 Å². The average molecular weight is 269 g/mol. The molecule has 0 unspecified atom stereocenters. The van der Waals surface area contributed by atoms with Gasteiger partial charge in [0.1, 0.15) is 10.7 Å². The smallest absolute Gasteiger partial charge is 0.290 e. The second-order valence-corrected chi connectivity index (χ2v) is 3.99. The van der Waals surface area contributed by atoms with Crippen molar-refractivity contribution in [2.75, 3.05) is 0 Å². The van der Waals surface area contributed by atoms with Gasteiger partial charge in [-0.3, -0.25) is 10.1 Å². The number of aliphatic hydroxyl groups excluding tert-OH is 1. The van der Waals surface area contributed by atoms with Crippen molar-refractivity contribution in [2.24, 2.45) is 0 Å². The van der Waals surface area contributed by atoms with E-state index in [1.807, 2.05) is 0 Å². The van der Waals surface area contributed by atoms with E-state index >= 15 is 0 Å². The average Bonchev–Trinajstić information content (AvgIpc) is 2.71. The van der Waals surface area contributed by atoms with Gasteiger partial charge in [-0.1, -0.05) is 16.8 Å². The minimum atomic E-state index is -0.564. The van der Waals surface area contributed by atoms with Crippen LogP contribution in [0.15, 0.2) is 18.2 Å². The highest BCUT2D eigenvalue weighted by Gasteiger charge is 2.16. The predicted octanol–water partition coefficient (Wildman–Crippen LogP) is 1.63. The van der Waals surface area contributed by atoms with Crippen LogP contribution in [0.3, 0.4) is 0 Å². The van der Waals surface area contributed by atoms with Gasteiger partial charge in [0.2, 0.25) is 0 Å². The first-order valence-electron chi connectivity index (χ1n) is 5.01. The summed E-state index contributed by atoms with van der Waals surface area (Å²) in [5.41, 5.74) is 1.31. The first-order chi connectivity index (χ1) is 8.54. The third-order valence-corrected chi connectivity index (χ3v) is 2.83. The van der Waals surface area contributed by atoms with Crippen LogP contribution in [-0.2, 0) is 6.61 Å². The molecule has 1 aromatic heterocycles. The van der Waals surface area contributed by atoms with Gasteiger partial charge in [-0.2, -0.15) is 0 Å². The van der Waals surface area contributed by atoms with E-state index in [4.69, 9.17) is 16.7 Å². The number of rotatable bonds is 3. The minimum Gasteiger partial charge on any atom is -0.390 e. The molecule has 0 fully saturated rings. The summed E-state index contributed by atoms with van der Waals surface area (Å²) in [7, 11) is 0. The molecule has 94 valence electrons. The zero-order valence-corrected chi connectivity index (χ0v) is 10.1. The quantitative estimate of drug-likeness (QED) is 0.674. The Bertz CT molecular complexity index is 611. The van der Waals surface area contributed by atoms with Gasteiger partial charge < -0.3 is 5.11 Å². The minimum absolute atomic E-state index is 0.0592. The van der Waals surface area contributed by atoms with Gasteiger partial charge in [-0.15, -0.1) is 5.10 Å². The van der Waals surface area contributed by atoms with Gasteiger partial charge >= 0.3 is 0 Å². The number of nitro groups is 1. The molecule has 1 heterocycles. The molecule has 0 aliphatic rings. The molecule has 2 rings (SSSR count). The van der Waals surface area contributed by atoms with Gasteiger partial charge in [-0.05, 0) is 19.1 Å². The van der Waals surface area contributed by atoms with Crippen molar-refractivity contribution in [1.29, 1.82) is 0 Å². The molecule has 1 aromatic carbocycles. The molecule has 0 radical (unpaired) electrons. The van der Waals surface area contributed by atoms with Gasteiger partial charge in [0, 0.05) is 6.07 Å². The predicted molar refractivity (Wildman–Crippen MR) is 63.7 cm³/mol. The van der Waals surface area contributed by atoms with Crippen LogP contribution in [0.5, 0.6) is 0 Å². The van der Waals surface area contributed by atoms with Crippen molar-refractivity contribution in [3.8, 4) is 5.69 Å². The lowest BCUT2D eigenvalue weighted by atomic mass is 10.2. The number of nitro benzene ring substituents is 1. The SMILES string of the molecule is Cc1c(CO)nnn1-c1ccc(Cl)c([N+](=O)[O-])c1. The van der Waals surface area contributed by atoms with Crippen molar-refractivity contribution < 1.29 is 10.0 Å². The number of benzene rings is 1. The molecule has 0 spiro atoms. The Kier molecular flexibility index (Phi) is 3.26. The van der Waals surface area contributed by atoms with Crippen LogP contribution < -0.4 is 0 Å². The first kappa shape index (κ1) is 12.5. The maximum atomic E-state index is 10.8. The van der Waals surface area contributed by atoms with E-state index in [-0.39, 0.29) is 17.3 Å². The molecule has 18 heavy (non-hydrogen) atoms. The summed E-state index contributed by atoms with van der Waals surface area (Å²) in [5.74, 6) is 0. The highest BCUT2D eigenvalue weighted by molar-refractivity contribution is 6.32. The Balaban J connectivity index is 2.54. The second kappa shape index (κ2) is 4.71. The maximum Gasteiger partial charge on any atom is 0.290 e. The van der Waals surface area contributed by atoms with Crippen LogP contribution in [0.1, 0.15) is 11.4 Å². The highest BCUT2D eigenvalue weighted by Crippen LogP contribution is 2.27. The molecule has 0 aliphatic heterocycles. The van der Waals surface area contributed by atoms with E-state index in [0.717, 1.165) is 0 Å². The Morgan fingerprint density at radius 3 is 2.83 bits per heavy atom. The van der Waals surface area contributed by atoms with Crippen LogP contribution >= 0.6 is 11.6 Å². The van der Waals surface area contributed by atoms with Crippen molar-refractivity contribution in [2.45, 2.75) is 13.5 Å². The molecule has 0 amide bonds. The van der Waals surface area contributed by atoms with Gasteiger partial charge in [0.15, 0.2) is 0 Å². The molecule has 0 bridgehead atoms. The molecule has 0 saturated carbocycles. The van der Waals surface area contributed by atoms with E-state index in [1.54, 1.807) is 13.0 Å². The molecule has 8 heteroatoms. The van der Waals surface area contributed by atoms with E-state index in [1.165, 1.54) is 16.8 Å². The number of hydrogen-bond acceptors (Lipinski definition) is 5. The van der Waals surface area contributed by atoms with Crippen LogP contribution in [0.25, 0.3) is 5.69 Å². The fourth-order valence-corrected chi connectivity index (χ4v) is 1.71. The number of aliphatic hydroxyl groups is 1. The third-order valence-electron chi connectivity index (χ3n) is 2.51. The zero-order valence-electron chi connectivity index (χ0n) is 9.37. The van der Waals surface area contributed by atoms with E-state index in [0.29, 0.717) is 17.1 Å². The van der Waals surface area contributed by atoms with Crippen molar-refractivity contribution in [3.05, 3.63) is 44.7 Å². The van der Waals surface area contributed by atoms with Crippen molar-refractivity contribution in [3.63, 3.8) is 0 Å². The van der Waals surface area contributed by atoms with Crippen LogP contribution in [0.4, 0.5) is 5.69 Å². The molecule has 2 aromatic rings. The summed E-state index contributed by atoms with van der Waals surface area (Å²) >= 11 is 5.72. The Labute approximate surface area is 107 Å². The lowest BCUT2D eigenvalue weighted by Gasteiger charge is -2.04. The summed E-state index contributed by atoms with van der Waals surface area (Å²) in [6, 6.07) is 4.33. The molecule has 0 saturated heterocycles. The molecule has 0 aliphatic carbocycles. The molecule has 0 atom stereocenters. The number of nitrogens with zero attached hydrogens (tertiary/aromatic N) is 4. The largest absolute Gasteiger partial charge is 0.390 e. The number of halogens is 1. The van der Waals surface area contributed by atoms with E-state index in [2.05, 4.69) is 10.3 Å². The van der Waals surface area contributed by atoms with Crippen LogP contribution in [0, 0.1) is 17.0 Å². The van der Waals surface area contributed by atoms with Crippen LogP contribution in [-0.4, -0.2) is 25.0 Å². The summed E-state index contributed by atoms with van der Waals surface area (Å²) in [6.45, 7) is 1.48. The highest BCUT2D eigenvalue weighted by atomic mass is 35.5. The van der Waals surface area contributed by atoms with E-state index in [9.17, 15) is 10.1 Å². The molecular weight excluding hydrogens is 260 g/mol. The van der Waals surface area contributed by atoms with E-state index < -0.39 is 4.92 Å². The number of hydrogen-bond donors (Lipinski definition) is 1. The van der Waals surface area contributed by atoms with Crippen molar-refractivity contribution in [1.82, 2.24) is 15.0 Å². The molecule has 7 nitrogen and oxygen atoms in total. The standard InChI is InChI=1S/C10H9ClN4O3/c1-6-9(5-16)12-13-14(6)7-2-3-8(11)10(4-7)15(17)18/h2-4,16H,5H2,1H3. The van der Waals surface area contributed by atoms with Gasteiger partial charge in [0.05, 0.1) is 22.9 Å². The lowest BCUT2D eigenvalue weighted by molar-refractivity contribution is -0.384. The fraction of sp³-hybridized carbons (Fsp3) is 0.200. The number of aromatic nitrogens is 3. The van der Waals surface area contributed by atoms with Gasteiger partial charge in [0.25, 0.3) is 5.69 Å². The molecular formula is C10H9ClN4O3. The Morgan fingerprint density at radius 1 is 1.56 bits per heavy atom. The Hall–Kier alpha value is -1.99.